The van der Waals surface area contributed by atoms with Gasteiger partial charge < -0.3 is 20.5 Å². The summed E-state index contributed by atoms with van der Waals surface area (Å²) in [6, 6.07) is 3.94. The normalized spacial score (nSPS) is 26.2. The van der Waals surface area contributed by atoms with Gasteiger partial charge in [-0.2, -0.15) is 4.98 Å². The van der Waals surface area contributed by atoms with E-state index in [1.165, 1.54) is 29.9 Å². The lowest BCUT2D eigenvalue weighted by Gasteiger charge is -2.25. The quantitative estimate of drug-likeness (QED) is 0.198. The predicted molar refractivity (Wildman–Crippen MR) is 182 cm³/mol. The highest BCUT2D eigenvalue weighted by atomic mass is 35.5. The minimum atomic E-state index is -3.33. The highest BCUT2D eigenvalue weighted by molar-refractivity contribution is 7.22. The molecule has 266 valence electrons. The van der Waals surface area contributed by atoms with Crippen molar-refractivity contribution in [3.05, 3.63) is 45.3 Å². The van der Waals surface area contributed by atoms with Crippen LogP contribution < -0.4 is 21.6 Å². The third-order valence-corrected chi connectivity index (χ3v) is 11.4. The van der Waals surface area contributed by atoms with Crippen LogP contribution in [0, 0.1) is 17.6 Å². The summed E-state index contributed by atoms with van der Waals surface area (Å²) in [5.74, 6) is -5.03. The molecule has 2 aromatic carbocycles. The van der Waals surface area contributed by atoms with Crippen molar-refractivity contribution in [1.29, 1.82) is 0 Å². The summed E-state index contributed by atoms with van der Waals surface area (Å²) in [4.78, 5) is 40.5. The van der Waals surface area contributed by atoms with Crippen LogP contribution in [0.5, 0.6) is 0 Å². The molecule has 10 nitrogen and oxygen atoms in total. The second-order valence-corrected chi connectivity index (χ2v) is 15.3. The number of nitrogens with zero attached hydrogens (tertiary/aromatic N) is 5. The SMILES string of the molecule is F[C@@H]1CC2CCCN2C1.Nc1nc2c(-c3c(Cl)cc4c(N5CCN(C(=O)C6NC6C6CC6)CC(F)(F)C5)nc(=O)[nH]c4c3F)ccc(F)c2s1. The second-order valence-electron chi connectivity index (χ2n) is 13.8. The number of nitrogens with two attached hydrogens (primary N) is 1. The molecule has 3 unspecified atom stereocenters. The third-order valence-electron chi connectivity index (χ3n) is 10.3. The lowest BCUT2D eigenvalue weighted by Crippen LogP contribution is -2.44. The average Bonchev–Trinajstić information content (AvgIpc) is 3.94. The van der Waals surface area contributed by atoms with Gasteiger partial charge in [-0.05, 0) is 62.8 Å². The first-order valence-corrected chi connectivity index (χ1v) is 17.9. The van der Waals surface area contributed by atoms with E-state index in [0.29, 0.717) is 18.5 Å². The Hall–Kier alpha value is -3.60. The Labute approximate surface area is 291 Å². The van der Waals surface area contributed by atoms with E-state index in [4.69, 9.17) is 17.3 Å². The van der Waals surface area contributed by atoms with Crippen LogP contribution >= 0.6 is 22.9 Å². The number of benzene rings is 2. The topological polar surface area (TPSA) is 133 Å². The Morgan fingerprint density at radius 1 is 1.10 bits per heavy atom. The fourth-order valence-corrected chi connectivity index (χ4v) is 8.79. The van der Waals surface area contributed by atoms with E-state index in [2.05, 4.69) is 25.2 Å². The molecule has 17 heteroatoms. The van der Waals surface area contributed by atoms with Crippen LogP contribution in [-0.2, 0) is 4.79 Å². The zero-order chi connectivity index (χ0) is 35.1. The van der Waals surface area contributed by atoms with Crippen LogP contribution in [0.1, 0.15) is 32.1 Å². The molecule has 1 aliphatic carbocycles. The van der Waals surface area contributed by atoms with Gasteiger partial charge in [0.25, 0.3) is 5.92 Å². The molecule has 5 fully saturated rings. The molecular weight excluding hydrogens is 703 g/mol. The number of hydrogen-bond donors (Lipinski definition) is 3. The second kappa shape index (κ2) is 12.6. The standard InChI is InChI=1S/C26H22ClF4N7O2S.C7H12FN/c27-13-7-12-18(16(29)15(13)11-3-4-14(28)21-19(11)34-24(32)41-21)35-25(40)36-22(12)37-5-6-38(9-26(30,31)8-37)23(39)20-17(33-20)10-1-2-10;8-6-4-7-2-1-3-9(7)5-6/h3-4,7,10,17,20,33H,1-2,5-6,8-9H2,(H2,32,34)(H,35,36,40);6-7H,1-5H2/t;6-,7?/m.1/s1. The first kappa shape index (κ1) is 33.5. The molecule has 1 amide bonds. The molecule has 4 atom stereocenters. The number of hydrogen-bond acceptors (Lipinski definition) is 9. The van der Waals surface area contributed by atoms with Gasteiger partial charge in [0.05, 0.1) is 33.8 Å². The van der Waals surface area contributed by atoms with Crippen molar-refractivity contribution in [2.45, 2.75) is 62.3 Å². The van der Waals surface area contributed by atoms with E-state index in [1.807, 2.05) is 0 Å². The van der Waals surface area contributed by atoms with Crippen molar-refractivity contribution in [1.82, 2.24) is 30.1 Å². The summed E-state index contributed by atoms with van der Waals surface area (Å²) in [6.45, 7) is 0.133. The smallest absolute Gasteiger partial charge is 0.347 e. The van der Waals surface area contributed by atoms with Crippen LogP contribution in [-0.4, -0.2) is 100 Å². The summed E-state index contributed by atoms with van der Waals surface area (Å²) in [7, 11) is 0. The number of H-pyrrole nitrogens is 1. The predicted octanol–water partition coefficient (Wildman–Crippen LogP) is 4.94. The number of carbonyl (C=O) groups is 1. The van der Waals surface area contributed by atoms with Crippen molar-refractivity contribution in [3.63, 3.8) is 0 Å². The maximum Gasteiger partial charge on any atom is 0.347 e. The maximum atomic E-state index is 16.1. The van der Waals surface area contributed by atoms with Gasteiger partial charge in [-0.25, -0.2) is 31.7 Å². The minimum absolute atomic E-state index is 0.000214. The number of nitrogen functional groups attached to an aromatic ring is 1. The van der Waals surface area contributed by atoms with Crippen molar-refractivity contribution in [3.8, 4) is 11.1 Å². The van der Waals surface area contributed by atoms with E-state index < -0.39 is 48.5 Å². The molecule has 4 N–H and O–H groups in total. The summed E-state index contributed by atoms with van der Waals surface area (Å²) in [5.41, 5.74) is 4.57. The van der Waals surface area contributed by atoms with E-state index >= 15 is 13.2 Å². The molecule has 2 aromatic heterocycles. The first-order valence-electron chi connectivity index (χ1n) is 16.7. The monoisotopic (exact) mass is 736 g/mol. The van der Waals surface area contributed by atoms with Crippen LogP contribution in [0.25, 0.3) is 32.2 Å². The number of aromatic nitrogens is 3. The molecule has 4 aromatic rings. The van der Waals surface area contributed by atoms with Crippen molar-refractivity contribution in [2.24, 2.45) is 5.92 Å². The fraction of sp³-hybridized carbons (Fsp3) is 0.515. The summed E-state index contributed by atoms with van der Waals surface area (Å²) < 4.78 is 73.6. The Bertz CT molecular complexity index is 2050. The number of fused-ring (bicyclic) bond motifs is 3. The summed E-state index contributed by atoms with van der Waals surface area (Å²) in [6.07, 6.45) is 4.86. The van der Waals surface area contributed by atoms with E-state index in [1.54, 1.807) is 0 Å². The van der Waals surface area contributed by atoms with Crippen molar-refractivity contribution < 1.29 is 26.7 Å². The molecule has 6 heterocycles. The lowest BCUT2D eigenvalue weighted by atomic mass is 10.0. The molecule has 0 spiro atoms. The number of amides is 1. The van der Waals surface area contributed by atoms with Crippen molar-refractivity contribution >= 4 is 60.9 Å². The largest absolute Gasteiger partial charge is 0.375 e. The van der Waals surface area contributed by atoms with E-state index in [0.717, 1.165) is 48.1 Å². The highest BCUT2D eigenvalue weighted by Gasteiger charge is 2.53. The summed E-state index contributed by atoms with van der Waals surface area (Å²) in [5, 5.41) is 3.04. The highest BCUT2D eigenvalue weighted by Crippen LogP contribution is 2.43. The Balaban J connectivity index is 0.000000346. The molecule has 5 aliphatic rings. The van der Waals surface area contributed by atoms with Gasteiger partial charge in [0.2, 0.25) is 5.91 Å². The van der Waals surface area contributed by atoms with Crippen LogP contribution in [0.4, 0.5) is 32.9 Å². The molecule has 4 aliphatic heterocycles. The molecule has 1 saturated carbocycles. The van der Waals surface area contributed by atoms with Gasteiger partial charge in [0.1, 0.15) is 23.8 Å². The van der Waals surface area contributed by atoms with Gasteiger partial charge >= 0.3 is 5.69 Å². The maximum absolute atomic E-state index is 16.1. The first-order chi connectivity index (χ1) is 23.9. The van der Waals surface area contributed by atoms with Crippen LogP contribution in [0.3, 0.4) is 0 Å². The minimum Gasteiger partial charge on any atom is -0.375 e. The number of nitrogens with one attached hydrogen (secondary N) is 2. The number of anilines is 2. The molecule has 4 saturated heterocycles. The van der Waals surface area contributed by atoms with Gasteiger partial charge in [-0.15, -0.1) is 0 Å². The van der Waals surface area contributed by atoms with Gasteiger partial charge in [0, 0.05) is 48.2 Å². The Kier molecular flexibility index (Phi) is 8.43. The average molecular weight is 737 g/mol. The van der Waals surface area contributed by atoms with Gasteiger partial charge in [-0.1, -0.05) is 22.9 Å². The Morgan fingerprint density at radius 2 is 1.90 bits per heavy atom. The fourth-order valence-electron chi connectivity index (χ4n) is 7.73. The van der Waals surface area contributed by atoms with Crippen LogP contribution in [0.15, 0.2) is 23.0 Å². The zero-order valence-corrected chi connectivity index (χ0v) is 28.3. The van der Waals surface area contributed by atoms with E-state index in [9.17, 15) is 18.4 Å². The molecule has 0 radical (unpaired) electrons. The number of halogens is 6. The number of rotatable bonds is 4. The van der Waals surface area contributed by atoms with Crippen LogP contribution in [0.2, 0.25) is 5.02 Å². The summed E-state index contributed by atoms with van der Waals surface area (Å²) >= 11 is 7.43. The number of aromatic amines is 1. The number of alkyl halides is 3. The molecular formula is C33H34ClF5N8O2S. The van der Waals surface area contributed by atoms with Gasteiger partial charge in [-0.3, -0.25) is 15.0 Å². The number of carbonyl (C=O) groups excluding carboxylic acids is 1. The third kappa shape index (κ3) is 6.28. The van der Waals surface area contributed by atoms with Gasteiger partial charge in [0.15, 0.2) is 10.9 Å². The van der Waals surface area contributed by atoms with E-state index in [-0.39, 0.29) is 73.3 Å². The lowest BCUT2D eigenvalue weighted by molar-refractivity contribution is -0.134. The van der Waals surface area contributed by atoms with Crippen molar-refractivity contribution in [2.75, 3.05) is 49.9 Å². The molecule has 0 bridgehead atoms. The number of thiazole rings is 1. The molecule has 9 rings (SSSR count). The molecule has 50 heavy (non-hydrogen) atoms. The zero-order valence-electron chi connectivity index (χ0n) is 26.7. The Morgan fingerprint density at radius 3 is 2.66 bits per heavy atom.